The van der Waals surface area contributed by atoms with Gasteiger partial charge in [0.1, 0.15) is 0 Å². The quantitative estimate of drug-likeness (QED) is 0.775. The van der Waals surface area contributed by atoms with Gasteiger partial charge in [-0.2, -0.15) is 0 Å². The van der Waals surface area contributed by atoms with E-state index in [0.717, 1.165) is 28.3 Å². The number of benzene rings is 2. The molecule has 0 bridgehead atoms. The molecule has 5 nitrogen and oxygen atoms in total. The van der Waals surface area contributed by atoms with Crippen LogP contribution >= 0.6 is 0 Å². The number of aliphatic hydroxyl groups excluding tert-OH is 1. The van der Waals surface area contributed by atoms with Crippen LogP contribution in [-0.4, -0.2) is 20.6 Å². The first-order chi connectivity index (χ1) is 11.6. The Morgan fingerprint density at radius 2 is 1.75 bits per heavy atom. The fraction of sp³-hybridized carbons (Fsp3) is 0.158. The number of nitrogens with one attached hydrogen (secondary N) is 1. The monoisotopic (exact) mass is 321 g/mol. The lowest BCUT2D eigenvalue weighted by Gasteiger charge is -2.09. The molecule has 0 atom stereocenters. The Hall–Kier alpha value is -2.92. The van der Waals surface area contributed by atoms with E-state index in [2.05, 4.69) is 10.3 Å². The van der Waals surface area contributed by atoms with Crippen molar-refractivity contribution in [3.63, 3.8) is 0 Å². The minimum absolute atomic E-state index is 0.0312. The van der Waals surface area contributed by atoms with Gasteiger partial charge >= 0.3 is 0 Å². The molecule has 1 aromatic heterocycles. The van der Waals surface area contributed by atoms with Gasteiger partial charge in [-0.15, -0.1) is 0 Å². The highest BCUT2D eigenvalue weighted by Gasteiger charge is 2.07. The predicted molar refractivity (Wildman–Crippen MR) is 93.4 cm³/mol. The number of anilines is 1. The van der Waals surface area contributed by atoms with E-state index in [4.69, 9.17) is 5.11 Å². The first-order valence-corrected chi connectivity index (χ1v) is 7.70. The van der Waals surface area contributed by atoms with Gasteiger partial charge in [0.25, 0.3) is 5.91 Å². The van der Waals surface area contributed by atoms with Crippen molar-refractivity contribution in [2.45, 2.75) is 20.5 Å². The molecule has 0 fully saturated rings. The molecule has 0 saturated carbocycles. The number of hydrogen-bond donors (Lipinski definition) is 2. The second-order valence-corrected chi connectivity index (χ2v) is 5.64. The van der Waals surface area contributed by atoms with E-state index >= 15 is 0 Å². The molecule has 2 N–H and O–H groups in total. The molecule has 1 amide bonds. The van der Waals surface area contributed by atoms with Crippen LogP contribution in [-0.2, 0) is 6.61 Å². The maximum absolute atomic E-state index is 12.2. The lowest BCUT2D eigenvalue weighted by Crippen LogP contribution is -2.11. The summed E-state index contributed by atoms with van der Waals surface area (Å²) in [7, 11) is 0. The summed E-state index contributed by atoms with van der Waals surface area (Å²) in [5.41, 5.74) is 5.15. The highest BCUT2D eigenvalue weighted by Crippen LogP contribution is 2.17. The van der Waals surface area contributed by atoms with E-state index in [1.165, 1.54) is 0 Å². The Balaban J connectivity index is 1.73. The van der Waals surface area contributed by atoms with E-state index in [-0.39, 0.29) is 12.5 Å². The van der Waals surface area contributed by atoms with E-state index in [0.29, 0.717) is 5.56 Å². The van der Waals surface area contributed by atoms with Crippen LogP contribution in [0.4, 0.5) is 5.69 Å². The Morgan fingerprint density at radius 1 is 1.08 bits per heavy atom. The van der Waals surface area contributed by atoms with Crippen LogP contribution in [0.5, 0.6) is 0 Å². The topological polar surface area (TPSA) is 67.2 Å². The van der Waals surface area contributed by atoms with Crippen LogP contribution in [0.2, 0.25) is 0 Å². The van der Waals surface area contributed by atoms with Gasteiger partial charge < -0.3 is 15.0 Å². The van der Waals surface area contributed by atoms with Crippen molar-refractivity contribution < 1.29 is 9.90 Å². The minimum atomic E-state index is -0.179. The largest absolute Gasteiger partial charge is 0.392 e. The van der Waals surface area contributed by atoms with E-state index < -0.39 is 0 Å². The zero-order valence-corrected chi connectivity index (χ0v) is 13.7. The normalized spacial score (nSPS) is 10.6. The standard InChI is InChI=1S/C19H19N3O2/c1-13-14(2)22(12-20-13)18-9-7-17(8-10-18)21-19(24)16-5-3-15(11-23)4-6-16/h3-10,12,23H,11H2,1-2H3,(H,21,24). The van der Waals surface area contributed by atoms with Gasteiger partial charge in [0.05, 0.1) is 18.6 Å². The van der Waals surface area contributed by atoms with Crippen molar-refractivity contribution in [3.8, 4) is 5.69 Å². The summed E-state index contributed by atoms with van der Waals surface area (Å²) in [4.78, 5) is 16.5. The number of aryl methyl sites for hydroxylation is 1. The van der Waals surface area contributed by atoms with E-state index in [1.54, 1.807) is 30.6 Å². The second kappa shape index (κ2) is 6.68. The van der Waals surface area contributed by atoms with Gasteiger partial charge in [-0.25, -0.2) is 4.98 Å². The number of aromatic nitrogens is 2. The molecule has 3 rings (SSSR count). The van der Waals surface area contributed by atoms with Crippen LogP contribution in [0.1, 0.15) is 27.3 Å². The van der Waals surface area contributed by atoms with Crippen LogP contribution < -0.4 is 5.32 Å². The van der Waals surface area contributed by atoms with Crippen molar-refractivity contribution in [1.82, 2.24) is 9.55 Å². The van der Waals surface area contributed by atoms with Crippen LogP contribution in [0.25, 0.3) is 5.69 Å². The van der Waals surface area contributed by atoms with Gasteiger partial charge in [-0.05, 0) is 55.8 Å². The number of amides is 1. The summed E-state index contributed by atoms with van der Waals surface area (Å²) >= 11 is 0. The molecule has 3 aromatic rings. The molecule has 5 heteroatoms. The smallest absolute Gasteiger partial charge is 0.255 e. The van der Waals surface area contributed by atoms with Crippen LogP contribution in [0.15, 0.2) is 54.9 Å². The average Bonchev–Trinajstić information content (AvgIpc) is 2.95. The summed E-state index contributed by atoms with van der Waals surface area (Å²) in [5, 5.41) is 11.9. The molecule has 0 spiro atoms. The van der Waals surface area contributed by atoms with Gasteiger partial charge in [-0.3, -0.25) is 4.79 Å². The fourth-order valence-electron chi connectivity index (χ4n) is 2.43. The zero-order chi connectivity index (χ0) is 17.1. The van der Waals surface area contributed by atoms with Crippen LogP contribution in [0.3, 0.4) is 0 Å². The zero-order valence-electron chi connectivity index (χ0n) is 13.7. The number of nitrogens with zero attached hydrogens (tertiary/aromatic N) is 2. The van der Waals surface area contributed by atoms with Gasteiger partial charge in [0.15, 0.2) is 0 Å². The van der Waals surface area contributed by atoms with Crippen molar-refractivity contribution in [1.29, 1.82) is 0 Å². The van der Waals surface area contributed by atoms with Crippen molar-refractivity contribution in [3.05, 3.63) is 77.4 Å². The molecule has 0 radical (unpaired) electrons. The SMILES string of the molecule is Cc1ncn(-c2ccc(NC(=O)c3ccc(CO)cc3)cc2)c1C. The lowest BCUT2D eigenvalue weighted by molar-refractivity contribution is 0.102. The van der Waals surface area contributed by atoms with Gasteiger partial charge in [0.2, 0.25) is 0 Å². The maximum Gasteiger partial charge on any atom is 0.255 e. The third kappa shape index (κ3) is 3.21. The Kier molecular flexibility index (Phi) is 4.44. The van der Waals surface area contributed by atoms with Gasteiger partial charge in [0, 0.05) is 22.6 Å². The highest BCUT2D eigenvalue weighted by atomic mass is 16.3. The molecule has 122 valence electrons. The predicted octanol–water partition coefficient (Wildman–Crippen LogP) is 3.23. The minimum Gasteiger partial charge on any atom is -0.392 e. The molecule has 0 aliphatic carbocycles. The molecule has 0 aliphatic heterocycles. The second-order valence-electron chi connectivity index (χ2n) is 5.64. The number of rotatable bonds is 4. The van der Waals surface area contributed by atoms with E-state index in [9.17, 15) is 4.79 Å². The van der Waals surface area contributed by atoms with Gasteiger partial charge in [-0.1, -0.05) is 12.1 Å². The molecular weight excluding hydrogens is 302 g/mol. The average molecular weight is 321 g/mol. The summed E-state index contributed by atoms with van der Waals surface area (Å²) < 4.78 is 2.01. The summed E-state index contributed by atoms with van der Waals surface area (Å²) in [6, 6.07) is 14.5. The number of carbonyl (C=O) groups is 1. The third-order valence-electron chi connectivity index (χ3n) is 4.05. The molecule has 0 saturated heterocycles. The number of hydrogen-bond acceptors (Lipinski definition) is 3. The summed E-state index contributed by atoms with van der Waals surface area (Å²) in [6.07, 6.45) is 1.79. The van der Waals surface area contributed by atoms with E-state index in [1.807, 2.05) is 42.7 Å². The highest BCUT2D eigenvalue weighted by molar-refractivity contribution is 6.04. The fourth-order valence-corrected chi connectivity index (χ4v) is 2.43. The number of carbonyl (C=O) groups excluding carboxylic acids is 1. The molecule has 0 unspecified atom stereocenters. The lowest BCUT2D eigenvalue weighted by atomic mass is 10.1. The number of aliphatic hydroxyl groups is 1. The summed E-state index contributed by atoms with van der Waals surface area (Å²) in [6.45, 7) is 3.97. The maximum atomic E-state index is 12.2. The molecular formula is C19H19N3O2. The molecule has 24 heavy (non-hydrogen) atoms. The molecule has 1 heterocycles. The third-order valence-corrected chi connectivity index (χ3v) is 4.05. The Bertz CT molecular complexity index is 849. The Morgan fingerprint density at radius 3 is 2.29 bits per heavy atom. The van der Waals surface area contributed by atoms with Crippen molar-refractivity contribution in [2.24, 2.45) is 0 Å². The first-order valence-electron chi connectivity index (χ1n) is 7.70. The number of imidazole rings is 1. The summed E-state index contributed by atoms with van der Waals surface area (Å²) in [5.74, 6) is -0.179. The van der Waals surface area contributed by atoms with Crippen molar-refractivity contribution in [2.75, 3.05) is 5.32 Å². The van der Waals surface area contributed by atoms with Crippen molar-refractivity contribution >= 4 is 11.6 Å². The molecule has 2 aromatic carbocycles. The first kappa shape index (κ1) is 16.0. The Labute approximate surface area is 140 Å². The van der Waals surface area contributed by atoms with Crippen LogP contribution in [0, 0.1) is 13.8 Å². The molecule has 0 aliphatic rings.